The monoisotopic (exact) mass is 481 g/mol. The molecule has 4 aromatic carbocycles. The van der Waals surface area contributed by atoms with E-state index >= 15 is 0 Å². The van der Waals surface area contributed by atoms with Crippen molar-refractivity contribution in [3.05, 3.63) is 108 Å². The first-order valence-electron chi connectivity index (χ1n) is 11.1. The van der Waals surface area contributed by atoms with Crippen LogP contribution in [0.25, 0.3) is 10.8 Å². The van der Waals surface area contributed by atoms with Crippen molar-refractivity contribution in [2.75, 3.05) is 13.7 Å². The van der Waals surface area contributed by atoms with Crippen LogP contribution in [0.2, 0.25) is 0 Å². The molecule has 0 saturated heterocycles. The van der Waals surface area contributed by atoms with Crippen LogP contribution < -0.4 is 20.2 Å². The molecule has 0 bridgehead atoms. The first-order valence-corrected chi connectivity index (χ1v) is 11.1. The van der Waals surface area contributed by atoms with Crippen molar-refractivity contribution in [3.63, 3.8) is 0 Å². The standard InChI is InChI=1S/C28H23N3O5/c1-35-22-14-11-20(12-15-22)27(33)29-18-26(32)31-30-17-24-23-10-6-5-7-19(23)13-16-25(24)36-28(34)21-8-3-2-4-9-21/h2-17H,18H2,1H3,(H,29,33)(H,31,32). The lowest BCUT2D eigenvalue weighted by atomic mass is 10.0. The molecule has 4 rings (SSSR count). The second-order valence-electron chi connectivity index (χ2n) is 7.66. The number of benzene rings is 4. The Hall–Kier alpha value is -4.98. The van der Waals surface area contributed by atoms with Crippen molar-refractivity contribution in [2.45, 2.75) is 0 Å². The normalized spacial score (nSPS) is 10.7. The van der Waals surface area contributed by atoms with Gasteiger partial charge in [-0.3, -0.25) is 9.59 Å². The summed E-state index contributed by atoms with van der Waals surface area (Å²) in [7, 11) is 1.54. The number of methoxy groups -OCH3 is 1. The number of hydrazone groups is 1. The molecule has 0 aromatic heterocycles. The summed E-state index contributed by atoms with van der Waals surface area (Å²) < 4.78 is 10.7. The fourth-order valence-electron chi connectivity index (χ4n) is 3.44. The predicted octanol–water partition coefficient (Wildman–Crippen LogP) is 3.95. The van der Waals surface area contributed by atoms with Crippen LogP contribution in [0, 0.1) is 0 Å². The number of nitrogens with zero attached hydrogens (tertiary/aromatic N) is 1. The Balaban J connectivity index is 1.44. The van der Waals surface area contributed by atoms with Gasteiger partial charge < -0.3 is 14.8 Å². The number of esters is 1. The number of nitrogens with one attached hydrogen (secondary N) is 2. The van der Waals surface area contributed by atoms with Crippen molar-refractivity contribution < 1.29 is 23.9 Å². The Morgan fingerprint density at radius 3 is 2.31 bits per heavy atom. The lowest BCUT2D eigenvalue weighted by Gasteiger charge is -2.10. The van der Waals surface area contributed by atoms with E-state index < -0.39 is 17.8 Å². The summed E-state index contributed by atoms with van der Waals surface area (Å²) in [5, 5.41) is 8.26. The summed E-state index contributed by atoms with van der Waals surface area (Å²) in [6.07, 6.45) is 1.42. The highest BCUT2D eigenvalue weighted by atomic mass is 16.5. The molecule has 0 unspecified atom stereocenters. The highest BCUT2D eigenvalue weighted by molar-refractivity contribution is 6.04. The molecule has 2 N–H and O–H groups in total. The number of hydrogen-bond donors (Lipinski definition) is 2. The molecule has 2 amide bonds. The maximum absolute atomic E-state index is 12.6. The zero-order valence-electron chi connectivity index (χ0n) is 19.4. The van der Waals surface area contributed by atoms with Gasteiger partial charge in [-0.2, -0.15) is 5.10 Å². The smallest absolute Gasteiger partial charge is 0.343 e. The van der Waals surface area contributed by atoms with Crippen LogP contribution >= 0.6 is 0 Å². The van der Waals surface area contributed by atoms with Gasteiger partial charge in [-0.25, -0.2) is 10.2 Å². The maximum Gasteiger partial charge on any atom is 0.343 e. The van der Waals surface area contributed by atoms with Gasteiger partial charge in [-0.15, -0.1) is 0 Å². The van der Waals surface area contributed by atoms with Crippen LogP contribution in [-0.2, 0) is 4.79 Å². The first-order chi connectivity index (χ1) is 17.5. The summed E-state index contributed by atoms with van der Waals surface area (Å²) >= 11 is 0. The second-order valence-corrected chi connectivity index (χ2v) is 7.66. The summed E-state index contributed by atoms with van der Waals surface area (Å²) in [5.74, 6) is -0.503. The zero-order valence-corrected chi connectivity index (χ0v) is 19.4. The van der Waals surface area contributed by atoms with E-state index in [1.165, 1.54) is 13.3 Å². The number of fused-ring (bicyclic) bond motifs is 1. The van der Waals surface area contributed by atoms with Gasteiger partial charge in [0.2, 0.25) is 0 Å². The number of hydrogen-bond acceptors (Lipinski definition) is 6. The molecule has 0 aliphatic heterocycles. The fourth-order valence-corrected chi connectivity index (χ4v) is 3.44. The molecule has 0 saturated carbocycles. The van der Waals surface area contributed by atoms with Crippen LogP contribution in [0.3, 0.4) is 0 Å². The Bertz CT molecular complexity index is 1420. The van der Waals surface area contributed by atoms with Gasteiger partial charge in [-0.05, 0) is 53.2 Å². The second kappa shape index (κ2) is 11.4. The highest BCUT2D eigenvalue weighted by Gasteiger charge is 2.13. The van der Waals surface area contributed by atoms with E-state index in [-0.39, 0.29) is 6.54 Å². The lowest BCUT2D eigenvalue weighted by molar-refractivity contribution is -0.120. The minimum Gasteiger partial charge on any atom is -0.497 e. The molecule has 36 heavy (non-hydrogen) atoms. The zero-order chi connectivity index (χ0) is 25.3. The van der Waals surface area contributed by atoms with Crippen molar-refractivity contribution in [2.24, 2.45) is 5.10 Å². The third kappa shape index (κ3) is 5.92. The van der Waals surface area contributed by atoms with Crippen LogP contribution in [0.1, 0.15) is 26.3 Å². The average Bonchev–Trinajstić information content (AvgIpc) is 2.93. The van der Waals surface area contributed by atoms with Crippen LogP contribution in [0.5, 0.6) is 11.5 Å². The Morgan fingerprint density at radius 1 is 0.833 bits per heavy atom. The summed E-state index contributed by atoms with van der Waals surface area (Å²) in [6.45, 7) is -0.270. The van der Waals surface area contributed by atoms with Gasteiger partial charge in [0.1, 0.15) is 11.5 Å². The van der Waals surface area contributed by atoms with Crippen LogP contribution in [0.15, 0.2) is 96.1 Å². The van der Waals surface area contributed by atoms with E-state index in [1.54, 1.807) is 54.6 Å². The molecule has 0 heterocycles. The Morgan fingerprint density at radius 2 is 1.56 bits per heavy atom. The number of rotatable bonds is 8. The molecule has 0 radical (unpaired) electrons. The van der Waals surface area contributed by atoms with Gasteiger partial charge in [0.05, 0.1) is 25.4 Å². The fraction of sp³-hybridized carbons (Fsp3) is 0.0714. The van der Waals surface area contributed by atoms with Gasteiger partial charge in [0.25, 0.3) is 11.8 Å². The summed E-state index contributed by atoms with van der Waals surface area (Å²) in [4.78, 5) is 37.1. The van der Waals surface area contributed by atoms with Crippen molar-refractivity contribution in [1.82, 2.24) is 10.7 Å². The molecule has 0 aliphatic rings. The topological polar surface area (TPSA) is 106 Å². The van der Waals surface area contributed by atoms with Gasteiger partial charge in [0, 0.05) is 11.1 Å². The van der Waals surface area contributed by atoms with Crippen molar-refractivity contribution in [3.8, 4) is 11.5 Å². The van der Waals surface area contributed by atoms with Crippen molar-refractivity contribution in [1.29, 1.82) is 0 Å². The van der Waals surface area contributed by atoms with Crippen molar-refractivity contribution >= 4 is 34.8 Å². The first kappa shape index (κ1) is 24.2. The molecular weight excluding hydrogens is 458 g/mol. The molecule has 180 valence electrons. The maximum atomic E-state index is 12.6. The molecule has 0 atom stereocenters. The average molecular weight is 482 g/mol. The van der Waals surface area contributed by atoms with Crippen LogP contribution in [0.4, 0.5) is 0 Å². The molecular formula is C28H23N3O5. The van der Waals surface area contributed by atoms with E-state index in [4.69, 9.17) is 9.47 Å². The SMILES string of the molecule is COc1ccc(C(=O)NCC(=O)NN=Cc2c(OC(=O)c3ccccc3)ccc3ccccc23)cc1. The van der Waals surface area contributed by atoms with Gasteiger partial charge >= 0.3 is 5.97 Å². The summed E-state index contributed by atoms with van der Waals surface area (Å²) in [5.41, 5.74) is 3.72. The summed E-state index contributed by atoms with van der Waals surface area (Å²) in [6, 6.07) is 26.2. The molecule has 0 fully saturated rings. The molecule has 0 aliphatic carbocycles. The van der Waals surface area contributed by atoms with E-state index in [1.807, 2.05) is 36.4 Å². The van der Waals surface area contributed by atoms with E-state index in [0.717, 1.165) is 10.8 Å². The molecule has 4 aromatic rings. The van der Waals surface area contributed by atoms with E-state index in [0.29, 0.717) is 28.2 Å². The van der Waals surface area contributed by atoms with Gasteiger partial charge in [0.15, 0.2) is 0 Å². The quantitative estimate of drug-likeness (QED) is 0.172. The third-order valence-corrected chi connectivity index (χ3v) is 5.29. The number of carbonyl (C=O) groups excluding carboxylic acids is 3. The highest BCUT2D eigenvalue weighted by Crippen LogP contribution is 2.27. The van der Waals surface area contributed by atoms with E-state index in [2.05, 4.69) is 15.8 Å². The Labute approximate surface area is 207 Å². The van der Waals surface area contributed by atoms with E-state index in [9.17, 15) is 14.4 Å². The molecule has 0 spiro atoms. The molecule has 8 heteroatoms. The predicted molar refractivity (Wildman–Crippen MR) is 136 cm³/mol. The van der Waals surface area contributed by atoms with Gasteiger partial charge in [-0.1, -0.05) is 48.5 Å². The number of amides is 2. The number of ether oxygens (including phenoxy) is 2. The lowest BCUT2D eigenvalue weighted by Crippen LogP contribution is -2.34. The third-order valence-electron chi connectivity index (χ3n) is 5.29. The Kier molecular flexibility index (Phi) is 7.67. The molecule has 8 nitrogen and oxygen atoms in total. The minimum atomic E-state index is -0.517. The largest absolute Gasteiger partial charge is 0.497 e. The number of carbonyl (C=O) groups is 3. The van der Waals surface area contributed by atoms with Crippen LogP contribution in [-0.4, -0.2) is 37.7 Å². The minimum absolute atomic E-state index is 0.270.